The summed E-state index contributed by atoms with van der Waals surface area (Å²) in [6.45, 7) is 3.95. The molecule has 1 N–H and O–H groups in total. The summed E-state index contributed by atoms with van der Waals surface area (Å²) in [5.41, 5.74) is 3.34. The molecular formula is C20H16FN3O2S. The van der Waals surface area contributed by atoms with E-state index in [1.54, 1.807) is 12.1 Å². The number of furan rings is 1. The van der Waals surface area contributed by atoms with Gasteiger partial charge in [-0.05, 0) is 55.3 Å². The average molecular weight is 381 g/mol. The molecule has 0 saturated carbocycles. The van der Waals surface area contributed by atoms with Gasteiger partial charge < -0.3 is 4.42 Å². The van der Waals surface area contributed by atoms with Gasteiger partial charge in [0.2, 0.25) is 5.13 Å². The predicted molar refractivity (Wildman–Crippen MR) is 104 cm³/mol. The van der Waals surface area contributed by atoms with Crippen molar-refractivity contribution in [3.8, 4) is 11.4 Å². The quantitative estimate of drug-likeness (QED) is 0.527. The molecule has 1 amide bonds. The molecule has 7 heteroatoms. The molecule has 0 spiro atoms. The maximum absolute atomic E-state index is 13.0. The highest BCUT2D eigenvalue weighted by atomic mass is 32.1. The number of nitrogens with zero attached hydrogens (tertiary/aromatic N) is 2. The molecule has 136 valence electrons. The van der Waals surface area contributed by atoms with E-state index in [2.05, 4.69) is 21.6 Å². The van der Waals surface area contributed by atoms with Gasteiger partial charge in [-0.3, -0.25) is 10.1 Å². The van der Waals surface area contributed by atoms with Crippen LogP contribution in [0.3, 0.4) is 0 Å². The molecule has 2 aromatic heterocycles. The van der Waals surface area contributed by atoms with Gasteiger partial charge in [-0.15, -0.1) is 0 Å². The Bertz CT molecular complexity index is 1130. The number of rotatable bonds is 4. The molecule has 0 fully saturated rings. The Morgan fingerprint density at radius 1 is 1.22 bits per heavy atom. The van der Waals surface area contributed by atoms with E-state index in [0.29, 0.717) is 22.1 Å². The van der Waals surface area contributed by atoms with E-state index in [0.717, 1.165) is 28.9 Å². The zero-order chi connectivity index (χ0) is 19.0. The lowest BCUT2D eigenvalue weighted by Gasteiger charge is -1.99. The number of anilines is 1. The zero-order valence-corrected chi connectivity index (χ0v) is 15.6. The second-order valence-electron chi connectivity index (χ2n) is 6.12. The molecule has 0 bridgehead atoms. The summed E-state index contributed by atoms with van der Waals surface area (Å²) in [6, 6.07) is 11.8. The van der Waals surface area contributed by atoms with Crippen LogP contribution in [0.1, 0.15) is 28.6 Å². The number of fused-ring (bicyclic) bond motifs is 1. The molecule has 0 radical (unpaired) electrons. The van der Waals surface area contributed by atoms with Crippen LogP contribution in [0.5, 0.6) is 0 Å². The smallest absolute Gasteiger partial charge is 0.293 e. The van der Waals surface area contributed by atoms with Crippen LogP contribution < -0.4 is 5.32 Å². The Kier molecular flexibility index (Phi) is 4.45. The lowest BCUT2D eigenvalue weighted by Crippen LogP contribution is -2.11. The number of halogens is 1. The van der Waals surface area contributed by atoms with Crippen molar-refractivity contribution in [2.45, 2.75) is 20.3 Å². The minimum Gasteiger partial charge on any atom is -0.451 e. The Morgan fingerprint density at radius 3 is 2.74 bits per heavy atom. The number of hydrogen-bond acceptors (Lipinski definition) is 5. The van der Waals surface area contributed by atoms with E-state index in [1.807, 2.05) is 25.1 Å². The van der Waals surface area contributed by atoms with E-state index in [9.17, 15) is 9.18 Å². The molecule has 0 unspecified atom stereocenters. The molecule has 4 aromatic rings. The largest absolute Gasteiger partial charge is 0.451 e. The second kappa shape index (κ2) is 6.92. The van der Waals surface area contributed by atoms with Crippen LogP contribution in [-0.2, 0) is 6.42 Å². The molecule has 27 heavy (non-hydrogen) atoms. The van der Waals surface area contributed by atoms with Crippen LogP contribution in [-0.4, -0.2) is 15.3 Å². The van der Waals surface area contributed by atoms with Crippen molar-refractivity contribution in [3.05, 3.63) is 65.2 Å². The Hall–Kier alpha value is -3.06. The fourth-order valence-corrected chi connectivity index (χ4v) is 3.43. The van der Waals surface area contributed by atoms with Gasteiger partial charge >= 0.3 is 0 Å². The Balaban J connectivity index is 1.58. The fourth-order valence-electron chi connectivity index (χ4n) is 2.85. The topological polar surface area (TPSA) is 68.0 Å². The molecule has 5 nitrogen and oxygen atoms in total. The first-order chi connectivity index (χ1) is 13.0. The summed E-state index contributed by atoms with van der Waals surface area (Å²) >= 11 is 1.06. The van der Waals surface area contributed by atoms with Gasteiger partial charge in [0, 0.05) is 28.0 Å². The first-order valence-corrected chi connectivity index (χ1v) is 9.25. The van der Waals surface area contributed by atoms with E-state index in [1.165, 1.54) is 17.7 Å². The summed E-state index contributed by atoms with van der Waals surface area (Å²) in [4.78, 5) is 16.9. The Labute approximate surface area is 159 Å². The highest BCUT2D eigenvalue weighted by molar-refractivity contribution is 7.10. The van der Waals surface area contributed by atoms with Gasteiger partial charge in [-0.2, -0.15) is 9.36 Å². The number of aryl methyl sites for hydroxylation is 2. The maximum atomic E-state index is 13.0. The number of nitrogens with one attached hydrogen (secondary N) is 1. The van der Waals surface area contributed by atoms with Crippen molar-refractivity contribution in [2.75, 3.05) is 5.32 Å². The Morgan fingerprint density at radius 2 is 2.00 bits per heavy atom. The van der Waals surface area contributed by atoms with Crippen molar-refractivity contribution in [1.29, 1.82) is 0 Å². The van der Waals surface area contributed by atoms with E-state index >= 15 is 0 Å². The third-order valence-electron chi connectivity index (χ3n) is 4.36. The number of amides is 1. The summed E-state index contributed by atoms with van der Waals surface area (Å²) in [6.07, 6.45) is 0.916. The van der Waals surface area contributed by atoms with Crippen molar-refractivity contribution in [3.63, 3.8) is 0 Å². The molecule has 2 aromatic carbocycles. The molecule has 0 saturated heterocycles. The lowest BCUT2D eigenvalue weighted by atomic mass is 10.1. The van der Waals surface area contributed by atoms with Crippen LogP contribution in [0.25, 0.3) is 22.4 Å². The SMILES string of the molecule is CCc1ccc2oc(C(=O)Nc3nc(-c4ccc(F)cc4)ns3)c(C)c2c1. The molecule has 0 atom stereocenters. The number of benzene rings is 2. The third-order valence-corrected chi connectivity index (χ3v) is 4.99. The van der Waals surface area contributed by atoms with Crippen LogP contribution in [0.15, 0.2) is 46.9 Å². The first-order valence-electron chi connectivity index (χ1n) is 8.48. The molecule has 0 aliphatic heterocycles. The number of carbonyl (C=O) groups excluding carboxylic acids is 1. The molecule has 2 heterocycles. The van der Waals surface area contributed by atoms with Gasteiger partial charge in [-0.25, -0.2) is 4.39 Å². The monoisotopic (exact) mass is 381 g/mol. The van der Waals surface area contributed by atoms with Crippen molar-refractivity contribution in [1.82, 2.24) is 9.36 Å². The zero-order valence-electron chi connectivity index (χ0n) is 14.7. The maximum Gasteiger partial charge on any atom is 0.293 e. The number of aromatic nitrogens is 2. The summed E-state index contributed by atoms with van der Waals surface area (Å²) in [5.74, 6) is -0.00125. The normalized spacial score (nSPS) is 11.1. The van der Waals surface area contributed by atoms with Crippen LogP contribution in [0, 0.1) is 12.7 Å². The average Bonchev–Trinajstić information content (AvgIpc) is 3.27. The standard InChI is InChI=1S/C20H16FN3O2S/c1-3-12-4-9-16-15(10-12)11(2)17(26-16)19(25)23-20-22-18(24-27-20)13-5-7-14(21)8-6-13/h4-10H,3H2,1-2H3,(H,22,23,24,25). The van der Waals surface area contributed by atoms with Crippen molar-refractivity contribution >= 4 is 33.5 Å². The molecule has 4 rings (SSSR count). The molecular weight excluding hydrogens is 365 g/mol. The molecule has 0 aliphatic rings. The first kappa shape index (κ1) is 17.4. The van der Waals surface area contributed by atoms with Crippen LogP contribution in [0.4, 0.5) is 9.52 Å². The summed E-state index contributed by atoms with van der Waals surface area (Å²) in [5, 5.41) is 4.02. The third kappa shape index (κ3) is 3.33. The number of hydrogen-bond donors (Lipinski definition) is 1. The fraction of sp³-hybridized carbons (Fsp3) is 0.150. The summed E-state index contributed by atoms with van der Waals surface area (Å²) in [7, 11) is 0. The summed E-state index contributed by atoms with van der Waals surface area (Å²) < 4.78 is 23.0. The highest BCUT2D eigenvalue weighted by Gasteiger charge is 2.19. The van der Waals surface area contributed by atoms with Gasteiger partial charge in [0.15, 0.2) is 11.6 Å². The second-order valence-corrected chi connectivity index (χ2v) is 6.88. The minimum absolute atomic E-state index is 0.261. The van der Waals surface area contributed by atoms with Gasteiger partial charge in [0.25, 0.3) is 5.91 Å². The van der Waals surface area contributed by atoms with Crippen molar-refractivity contribution in [2.24, 2.45) is 0 Å². The van der Waals surface area contributed by atoms with E-state index < -0.39 is 0 Å². The predicted octanol–water partition coefficient (Wildman–Crippen LogP) is 5.21. The van der Waals surface area contributed by atoms with Crippen LogP contribution >= 0.6 is 11.5 Å². The molecule has 0 aliphatic carbocycles. The van der Waals surface area contributed by atoms with E-state index in [4.69, 9.17) is 4.42 Å². The highest BCUT2D eigenvalue weighted by Crippen LogP contribution is 2.28. The van der Waals surface area contributed by atoms with Crippen molar-refractivity contribution < 1.29 is 13.6 Å². The van der Waals surface area contributed by atoms with Gasteiger partial charge in [0.05, 0.1) is 0 Å². The van der Waals surface area contributed by atoms with Gasteiger partial charge in [0.1, 0.15) is 11.4 Å². The lowest BCUT2D eigenvalue weighted by molar-refractivity contribution is 0.0998. The van der Waals surface area contributed by atoms with Gasteiger partial charge in [-0.1, -0.05) is 13.0 Å². The number of carbonyl (C=O) groups is 1. The van der Waals surface area contributed by atoms with Crippen LogP contribution in [0.2, 0.25) is 0 Å². The minimum atomic E-state index is -0.372. The van der Waals surface area contributed by atoms with E-state index in [-0.39, 0.29) is 17.5 Å².